The van der Waals surface area contributed by atoms with Gasteiger partial charge >= 0.3 is 6.03 Å². The average molecular weight is 577 g/mol. The van der Waals surface area contributed by atoms with E-state index in [4.69, 9.17) is 27.9 Å². The quantitative estimate of drug-likeness (QED) is 0.464. The Labute approximate surface area is 241 Å². The molecule has 3 atom stereocenters. The maximum Gasteiger partial charge on any atom is 0.321 e. The number of anilines is 1. The first-order valence-electron chi connectivity index (χ1n) is 13.7. The highest BCUT2D eigenvalue weighted by Crippen LogP contribution is 2.33. The zero-order valence-electron chi connectivity index (χ0n) is 22.7. The minimum Gasteiger partial charge on any atom is -0.391 e. The fourth-order valence-corrected chi connectivity index (χ4v) is 5.68. The van der Waals surface area contributed by atoms with Crippen molar-refractivity contribution >= 4 is 40.8 Å². The molecule has 39 heavy (non-hydrogen) atoms. The lowest BCUT2D eigenvalue weighted by Crippen LogP contribution is -2.48. The number of aliphatic hydroxyl groups excluding tert-OH is 1. The second-order valence-corrected chi connectivity index (χ2v) is 12.3. The second-order valence-electron chi connectivity index (χ2n) is 11.5. The van der Waals surface area contributed by atoms with Gasteiger partial charge in [0.25, 0.3) is 0 Å². The van der Waals surface area contributed by atoms with Gasteiger partial charge in [-0.15, -0.1) is 0 Å². The number of piperidine rings is 1. The fraction of sp³-hybridized carbons (Fsp3) is 0.533. The molecule has 2 aromatic rings. The number of β-amino-alcohol motifs (C(OH)–C–C–N with tert-alkyl or cyclic N) is 1. The number of urea groups is 1. The summed E-state index contributed by atoms with van der Waals surface area (Å²) < 4.78 is 5.99. The number of amides is 3. The second kappa shape index (κ2) is 13.4. The van der Waals surface area contributed by atoms with E-state index in [2.05, 4.69) is 5.32 Å². The van der Waals surface area contributed by atoms with Crippen LogP contribution in [-0.4, -0.2) is 65.8 Å². The monoisotopic (exact) mass is 575 g/mol. The van der Waals surface area contributed by atoms with Crippen LogP contribution in [0.5, 0.6) is 0 Å². The highest BCUT2D eigenvalue weighted by atomic mass is 35.5. The molecule has 2 aromatic carbocycles. The van der Waals surface area contributed by atoms with Crippen molar-refractivity contribution in [2.75, 3.05) is 38.2 Å². The number of likely N-dealkylation sites (tertiary alicyclic amines) is 1. The van der Waals surface area contributed by atoms with Crippen molar-refractivity contribution in [2.24, 2.45) is 17.3 Å². The zero-order valence-corrected chi connectivity index (χ0v) is 24.3. The normalized spacial score (nSPS) is 24.6. The van der Waals surface area contributed by atoms with Crippen LogP contribution < -0.4 is 5.32 Å². The first kappa shape index (κ1) is 29.7. The molecule has 2 heterocycles. The summed E-state index contributed by atoms with van der Waals surface area (Å²) in [4.78, 5) is 30.4. The van der Waals surface area contributed by atoms with Crippen LogP contribution in [0.3, 0.4) is 0 Å². The predicted molar refractivity (Wildman–Crippen MR) is 155 cm³/mol. The smallest absolute Gasteiger partial charge is 0.321 e. The van der Waals surface area contributed by atoms with E-state index in [1.165, 1.54) is 0 Å². The molecule has 9 heteroatoms. The Kier molecular flexibility index (Phi) is 10.2. The average Bonchev–Trinajstić information content (AvgIpc) is 2.91. The lowest BCUT2D eigenvalue weighted by molar-refractivity contribution is -0.137. The molecule has 0 aromatic heterocycles. The van der Waals surface area contributed by atoms with Gasteiger partial charge in [-0.05, 0) is 54.9 Å². The number of fused-ring (bicyclic) bond motifs is 1. The Bertz CT molecular complexity index is 1130. The van der Waals surface area contributed by atoms with Crippen molar-refractivity contribution in [1.29, 1.82) is 0 Å². The first-order valence-corrected chi connectivity index (χ1v) is 14.5. The van der Waals surface area contributed by atoms with E-state index < -0.39 is 11.5 Å². The Morgan fingerprint density at radius 2 is 1.85 bits per heavy atom. The van der Waals surface area contributed by atoms with Crippen LogP contribution in [0.1, 0.15) is 45.1 Å². The van der Waals surface area contributed by atoms with Gasteiger partial charge in [-0.2, -0.15) is 0 Å². The van der Waals surface area contributed by atoms with Gasteiger partial charge in [-0.1, -0.05) is 67.4 Å². The summed E-state index contributed by atoms with van der Waals surface area (Å²) in [6, 6.07) is 14.7. The molecule has 0 spiro atoms. The highest BCUT2D eigenvalue weighted by molar-refractivity contribution is 6.42. The summed E-state index contributed by atoms with van der Waals surface area (Å²) in [7, 11) is 0. The van der Waals surface area contributed by atoms with Gasteiger partial charge in [0, 0.05) is 50.3 Å². The largest absolute Gasteiger partial charge is 0.391 e. The van der Waals surface area contributed by atoms with Gasteiger partial charge in [0.1, 0.15) is 0 Å². The third kappa shape index (κ3) is 8.10. The van der Waals surface area contributed by atoms with Gasteiger partial charge in [0.2, 0.25) is 5.91 Å². The Morgan fingerprint density at radius 3 is 2.59 bits per heavy atom. The van der Waals surface area contributed by atoms with E-state index in [9.17, 15) is 14.7 Å². The van der Waals surface area contributed by atoms with Crippen molar-refractivity contribution in [3.63, 3.8) is 0 Å². The van der Waals surface area contributed by atoms with Crippen LogP contribution in [0.25, 0.3) is 0 Å². The van der Waals surface area contributed by atoms with Gasteiger partial charge < -0.3 is 25.0 Å². The van der Waals surface area contributed by atoms with Crippen LogP contribution in [0.4, 0.5) is 10.5 Å². The molecule has 2 saturated heterocycles. The molecule has 0 aliphatic carbocycles. The van der Waals surface area contributed by atoms with Crippen LogP contribution >= 0.6 is 23.2 Å². The van der Waals surface area contributed by atoms with Crippen molar-refractivity contribution in [3.05, 3.63) is 64.1 Å². The van der Waals surface area contributed by atoms with E-state index in [1.807, 2.05) is 49.1 Å². The van der Waals surface area contributed by atoms with E-state index >= 15 is 0 Å². The van der Waals surface area contributed by atoms with Crippen molar-refractivity contribution in [3.8, 4) is 0 Å². The number of nitrogens with zero attached hydrogens (tertiary/aromatic N) is 2. The van der Waals surface area contributed by atoms with E-state index in [-0.39, 0.29) is 30.3 Å². The van der Waals surface area contributed by atoms with Crippen LogP contribution in [-0.2, 0) is 16.1 Å². The number of halogens is 2. The summed E-state index contributed by atoms with van der Waals surface area (Å²) in [6.45, 7) is 6.77. The lowest BCUT2D eigenvalue weighted by Gasteiger charge is -2.39. The molecule has 0 bridgehead atoms. The van der Waals surface area contributed by atoms with E-state index in [0.29, 0.717) is 55.0 Å². The SMILES string of the molecule is CC1(C)COCCC[C@H]2CN(C(=O)Nc3ccc(Cl)c(Cl)c3)CC[C@H]2CC(=O)N(Cc2ccccc2)C[C@@H]1O. The van der Waals surface area contributed by atoms with Crippen LogP contribution in [0, 0.1) is 17.3 Å². The number of rotatable bonds is 3. The van der Waals surface area contributed by atoms with Gasteiger partial charge in [-0.3, -0.25) is 4.79 Å². The van der Waals surface area contributed by atoms with Gasteiger partial charge in [0.05, 0.1) is 22.8 Å². The lowest BCUT2D eigenvalue weighted by atomic mass is 9.80. The predicted octanol–water partition coefficient (Wildman–Crippen LogP) is 6.08. The number of ether oxygens (including phenoxy) is 1. The van der Waals surface area contributed by atoms with E-state index in [0.717, 1.165) is 24.8 Å². The molecule has 0 radical (unpaired) electrons. The molecular weight excluding hydrogens is 537 g/mol. The summed E-state index contributed by atoms with van der Waals surface area (Å²) in [5, 5.41) is 14.8. The number of hydrogen-bond acceptors (Lipinski definition) is 4. The molecule has 2 aliphatic heterocycles. The number of benzene rings is 2. The minimum atomic E-state index is -0.714. The molecule has 0 unspecified atom stereocenters. The molecule has 7 nitrogen and oxygen atoms in total. The number of carbonyl (C=O) groups excluding carboxylic acids is 2. The van der Waals surface area contributed by atoms with Crippen molar-refractivity contribution in [1.82, 2.24) is 9.80 Å². The maximum absolute atomic E-state index is 13.7. The molecule has 3 amide bonds. The summed E-state index contributed by atoms with van der Waals surface area (Å²) in [5.74, 6) is 0.358. The molecule has 212 valence electrons. The summed E-state index contributed by atoms with van der Waals surface area (Å²) in [6.07, 6.45) is 2.11. The Hall–Kier alpha value is -2.32. The number of aliphatic hydroxyl groups is 1. The minimum absolute atomic E-state index is 0.0394. The third-order valence-electron chi connectivity index (χ3n) is 7.99. The zero-order chi connectivity index (χ0) is 28.0. The molecule has 0 saturated carbocycles. The molecule has 2 aliphatic rings. The topological polar surface area (TPSA) is 82.1 Å². The summed E-state index contributed by atoms with van der Waals surface area (Å²) >= 11 is 12.1. The van der Waals surface area contributed by atoms with Crippen LogP contribution in [0.15, 0.2) is 48.5 Å². The van der Waals surface area contributed by atoms with Crippen molar-refractivity contribution < 1.29 is 19.4 Å². The highest BCUT2D eigenvalue weighted by Gasteiger charge is 2.36. The standard InChI is InChI=1S/C30H39Cl2N3O4/c1-30(2)20-39-14-6-9-23-18-34(29(38)33-24-10-11-25(31)26(32)16-24)13-12-22(23)15-28(37)35(19-27(30)36)17-21-7-4-3-5-8-21/h3-5,7-8,10-11,16,22-23,27,36H,6,9,12-15,17-20H2,1-2H3,(H,33,38)/t22-,23-,27-/m0/s1. The third-order valence-corrected chi connectivity index (χ3v) is 8.73. The molecular formula is C30H39Cl2N3O4. The molecule has 2 N–H and O–H groups in total. The Balaban J connectivity index is 1.48. The maximum atomic E-state index is 13.7. The van der Waals surface area contributed by atoms with Gasteiger partial charge in [-0.25, -0.2) is 4.79 Å². The summed E-state index contributed by atoms with van der Waals surface area (Å²) in [5.41, 5.74) is 1.13. The first-order chi connectivity index (χ1) is 18.6. The van der Waals surface area contributed by atoms with Gasteiger partial charge in [0.15, 0.2) is 0 Å². The van der Waals surface area contributed by atoms with Crippen molar-refractivity contribution in [2.45, 2.75) is 52.2 Å². The number of hydrogen-bond donors (Lipinski definition) is 2. The number of carbonyl (C=O) groups is 2. The Morgan fingerprint density at radius 1 is 1.08 bits per heavy atom. The molecule has 2 fully saturated rings. The van der Waals surface area contributed by atoms with Crippen LogP contribution in [0.2, 0.25) is 10.0 Å². The molecule has 4 rings (SSSR count). The fourth-order valence-electron chi connectivity index (χ4n) is 5.38. The van der Waals surface area contributed by atoms with E-state index in [1.54, 1.807) is 23.1 Å². The number of nitrogens with one attached hydrogen (secondary N) is 1.